The van der Waals surface area contributed by atoms with Crippen LogP contribution in [0.1, 0.15) is 31.2 Å². The Labute approximate surface area is 132 Å². The molecule has 1 aromatic rings. The molecule has 2 aliphatic rings. The van der Waals surface area contributed by atoms with Crippen molar-refractivity contribution in [3.05, 3.63) is 28.8 Å². The molecule has 0 bridgehead atoms. The van der Waals surface area contributed by atoms with E-state index in [1.165, 1.54) is 45.3 Å². The number of aliphatic hydroxyl groups is 1. The van der Waals surface area contributed by atoms with Gasteiger partial charge in [-0.2, -0.15) is 0 Å². The van der Waals surface area contributed by atoms with Crippen LogP contribution in [-0.2, 0) is 6.61 Å². The summed E-state index contributed by atoms with van der Waals surface area (Å²) in [5.41, 5.74) is 1.99. The molecule has 1 aromatic carbocycles. The second-order valence-corrected chi connectivity index (χ2v) is 6.75. The zero-order valence-corrected chi connectivity index (χ0v) is 13.4. The normalized spacial score (nSPS) is 21.1. The Kier molecular flexibility index (Phi) is 5.04. The number of hydrogen-bond acceptors (Lipinski definition) is 3. The zero-order chi connectivity index (χ0) is 14.7. The topological polar surface area (TPSA) is 26.7 Å². The molecule has 0 saturated carbocycles. The molecule has 2 aliphatic heterocycles. The lowest BCUT2D eigenvalue weighted by molar-refractivity contribution is 0.248. The largest absolute Gasteiger partial charge is 0.392 e. The highest BCUT2D eigenvalue weighted by molar-refractivity contribution is 6.33. The number of likely N-dealkylation sites (tertiary alicyclic amines) is 1. The summed E-state index contributed by atoms with van der Waals surface area (Å²) in [5.74, 6) is 0.819. The number of anilines is 1. The molecule has 0 spiro atoms. The minimum absolute atomic E-state index is 0.0591. The van der Waals surface area contributed by atoms with Gasteiger partial charge >= 0.3 is 0 Å². The number of halogens is 1. The molecule has 0 aliphatic carbocycles. The second-order valence-electron chi connectivity index (χ2n) is 6.34. The van der Waals surface area contributed by atoms with Gasteiger partial charge in [0.25, 0.3) is 0 Å². The summed E-state index contributed by atoms with van der Waals surface area (Å²) in [7, 11) is 0. The maximum absolute atomic E-state index is 9.52. The Morgan fingerprint density at radius 2 is 1.81 bits per heavy atom. The highest BCUT2D eigenvalue weighted by atomic mass is 35.5. The standard InChI is InChI=1S/C17H25ClN2O/c18-16-5-3-4-15(13-21)17(16)20-10-6-14(7-11-20)12-19-8-1-2-9-19/h3-5,14,21H,1-2,6-13H2. The van der Waals surface area contributed by atoms with Gasteiger partial charge in [0.1, 0.15) is 0 Å². The van der Waals surface area contributed by atoms with Gasteiger partial charge in [0.15, 0.2) is 0 Å². The van der Waals surface area contributed by atoms with Gasteiger partial charge < -0.3 is 14.9 Å². The number of piperidine rings is 1. The van der Waals surface area contributed by atoms with Crippen LogP contribution in [0.5, 0.6) is 0 Å². The van der Waals surface area contributed by atoms with Crippen LogP contribution in [0.4, 0.5) is 5.69 Å². The van der Waals surface area contributed by atoms with Gasteiger partial charge in [-0.1, -0.05) is 23.7 Å². The number of rotatable bonds is 4. The van der Waals surface area contributed by atoms with Crippen molar-refractivity contribution >= 4 is 17.3 Å². The van der Waals surface area contributed by atoms with Gasteiger partial charge in [-0.25, -0.2) is 0 Å². The van der Waals surface area contributed by atoms with Crippen LogP contribution in [0, 0.1) is 5.92 Å². The highest BCUT2D eigenvalue weighted by Crippen LogP contribution is 2.33. The van der Waals surface area contributed by atoms with E-state index in [1.54, 1.807) is 0 Å². The summed E-state index contributed by atoms with van der Waals surface area (Å²) in [6.45, 7) is 6.01. The lowest BCUT2D eigenvalue weighted by Gasteiger charge is -2.36. The van der Waals surface area contributed by atoms with Crippen LogP contribution in [0.15, 0.2) is 18.2 Å². The summed E-state index contributed by atoms with van der Waals surface area (Å²) < 4.78 is 0. The summed E-state index contributed by atoms with van der Waals surface area (Å²) in [5, 5.41) is 10.3. The molecule has 0 radical (unpaired) electrons. The number of para-hydroxylation sites is 1. The first-order valence-corrected chi connectivity index (χ1v) is 8.51. The van der Waals surface area contributed by atoms with Gasteiger partial charge in [0, 0.05) is 25.2 Å². The fraction of sp³-hybridized carbons (Fsp3) is 0.647. The summed E-state index contributed by atoms with van der Waals surface area (Å²) in [4.78, 5) is 4.98. The Hall–Kier alpha value is -0.770. The van der Waals surface area contributed by atoms with E-state index in [0.29, 0.717) is 0 Å². The lowest BCUT2D eigenvalue weighted by atomic mass is 9.95. The first-order chi connectivity index (χ1) is 10.3. The van der Waals surface area contributed by atoms with Crippen molar-refractivity contribution in [3.63, 3.8) is 0 Å². The second kappa shape index (κ2) is 6.99. The van der Waals surface area contributed by atoms with Crippen LogP contribution in [0.25, 0.3) is 0 Å². The average molecular weight is 309 g/mol. The number of aliphatic hydroxyl groups excluding tert-OH is 1. The summed E-state index contributed by atoms with van der Waals surface area (Å²) >= 11 is 6.35. The highest BCUT2D eigenvalue weighted by Gasteiger charge is 2.24. The molecule has 0 atom stereocenters. The molecular weight excluding hydrogens is 284 g/mol. The van der Waals surface area contributed by atoms with Crippen molar-refractivity contribution in [2.75, 3.05) is 37.6 Å². The summed E-state index contributed by atoms with van der Waals surface area (Å²) in [6.07, 6.45) is 5.20. The van der Waals surface area contributed by atoms with Gasteiger partial charge in [0.05, 0.1) is 17.3 Å². The molecule has 2 saturated heterocycles. The molecule has 116 valence electrons. The van der Waals surface area contributed by atoms with E-state index >= 15 is 0 Å². The Bertz CT molecular complexity index is 466. The molecule has 2 heterocycles. The molecule has 4 heteroatoms. The Morgan fingerprint density at radius 1 is 1.10 bits per heavy atom. The first-order valence-electron chi connectivity index (χ1n) is 8.13. The third-order valence-corrected chi connectivity index (χ3v) is 5.19. The molecular formula is C17H25ClN2O. The van der Waals surface area contributed by atoms with Gasteiger partial charge in [-0.05, 0) is 50.8 Å². The molecule has 0 amide bonds. The molecule has 3 rings (SSSR count). The zero-order valence-electron chi connectivity index (χ0n) is 12.6. The molecule has 0 unspecified atom stereocenters. The molecule has 3 nitrogen and oxygen atoms in total. The maximum Gasteiger partial charge on any atom is 0.0702 e. The predicted octanol–water partition coefficient (Wildman–Crippen LogP) is 3.14. The van der Waals surface area contributed by atoms with Gasteiger partial charge in [-0.15, -0.1) is 0 Å². The summed E-state index contributed by atoms with van der Waals surface area (Å²) in [6, 6.07) is 5.81. The maximum atomic E-state index is 9.52. The van der Waals surface area contributed by atoms with E-state index in [2.05, 4.69) is 9.80 Å². The smallest absolute Gasteiger partial charge is 0.0702 e. The molecule has 0 aromatic heterocycles. The number of hydrogen-bond donors (Lipinski definition) is 1. The predicted molar refractivity (Wildman–Crippen MR) is 88.0 cm³/mol. The molecule has 2 fully saturated rings. The third kappa shape index (κ3) is 3.53. The van der Waals surface area contributed by atoms with E-state index in [4.69, 9.17) is 11.6 Å². The van der Waals surface area contributed by atoms with Crippen molar-refractivity contribution in [1.82, 2.24) is 4.90 Å². The van der Waals surface area contributed by atoms with E-state index < -0.39 is 0 Å². The lowest BCUT2D eigenvalue weighted by Crippen LogP contribution is -2.38. The van der Waals surface area contributed by atoms with Gasteiger partial charge in [-0.3, -0.25) is 0 Å². The fourth-order valence-electron chi connectivity index (χ4n) is 3.71. The SMILES string of the molecule is OCc1cccc(Cl)c1N1CCC(CN2CCCC2)CC1. The fourth-order valence-corrected chi connectivity index (χ4v) is 4.02. The first kappa shape index (κ1) is 15.1. The molecule has 21 heavy (non-hydrogen) atoms. The average Bonchev–Trinajstić information content (AvgIpc) is 3.01. The van der Waals surface area contributed by atoms with Crippen LogP contribution in [0.2, 0.25) is 5.02 Å². The van der Waals surface area contributed by atoms with Crippen molar-refractivity contribution < 1.29 is 5.11 Å². The number of benzene rings is 1. The van der Waals surface area contributed by atoms with E-state index in [0.717, 1.165) is 35.3 Å². The monoisotopic (exact) mass is 308 g/mol. The minimum atomic E-state index is 0.0591. The van der Waals surface area contributed by atoms with E-state index in [1.807, 2.05) is 18.2 Å². The third-order valence-electron chi connectivity index (χ3n) is 4.89. The van der Waals surface area contributed by atoms with Gasteiger partial charge in [0.2, 0.25) is 0 Å². The van der Waals surface area contributed by atoms with Crippen LogP contribution < -0.4 is 4.90 Å². The van der Waals surface area contributed by atoms with Crippen molar-refractivity contribution in [1.29, 1.82) is 0 Å². The van der Waals surface area contributed by atoms with Crippen molar-refractivity contribution in [3.8, 4) is 0 Å². The van der Waals surface area contributed by atoms with Crippen molar-refractivity contribution in [2.24, 2.45) is 5.92 Å². The van der Waals surface area contributed by atoms with Crippen LogP contribution in [-0.4, -0.2) is 42.7 Å². The quantitative estimate of drug-likeness (QED) is 0.925. The van der Waals surface area contributed by atoms with Crippen LogP contribution >= 0.6 is 11.6 Å². The van der Waals surface area contributed by atoms with Crippen LogP contribution in [0.3, 0.4) is 0 Å². The Balaban J connectivity index is 1.60. The number of nitrogens with zero attached hydrogens (tertiary/aromatic N) is 2. The van der Waals surface area contributed by atoms with E-state index in [9.17, 15) is 5.11 Å². The van der Waals surface area contributed by atoms with E-state index in [-0.39, 0.29) is 6.61 Å². The minimum Gasteiger partial charge on any atom is -0.392 e. The van der Waals surface area contributed by atoms with Crippen molar-refractivity contribution in [2.45, 2.75) is 32.3 Å². The molecule has 1 N–H and O–H groups in total. The Morgan fingerprint density at radius 3 is 2.48 bits per heavy atom.